The van der Waals surface area contributed by atoms with Crippen molar-refractivity contribution in [1.29, 1.82) is 0 Å². The molecule has 0 heterocycles. The van der Waals surface area contributed by atoms with Crippen LogP contribution in [0.3, 0.4) is 0 Å². The Morgan fingerprint density at radius 2 is 0.596 bits per heavy atom. The molecule has 0 rings (SSSR count). The van der Waals surface area contributed by atoms with Gasteiger partial charge < -0.3 is 66.6 Å². The number of nitrogens with zero attached hydrogens (tertiary/aromatic N) is 2. The number of carbonyl (C=O) groups excluding carboxylic acids is 1. The maximum Gasteiger partial charge on any atom is 0.410 e. The van der Waals surface area contributed by atoms with Gasteiger partial charge in [0.25, 0.3) is 0 Å². The van der Waals surface area contributed by atoms with Crippen molar-refractivity contribution in [3.8, 4) is 0 Å². The molecule has 0 unspecified atom stereocenters. The third kappa shape index (κ3) is 39.1. The predicted molar refractivity (Wildman–Crippen MR) is 176 cm³/mol. The van der Waals surface area contributed by atoms with E-state index in [2.05, 4.69) is 4.90 Å². The Morgan fingerprint density at radius 1 is 0.383 bits per heavy atom. The Balaban J connectivity index is 3.14. The summed E-state index contributed by atoms with van der Waals surface area (Å²) in [5, 5.41) is 0. The van der Waals surface area contributed by atoms with Crippen LogP contribution in [0, 0.1) is 0 Å². The molecule has 0 N–H and O–H groups in total. The highest BCUT2D eigenvalue weighted by Crippen LogP contribution is 2.08. The number of hydrogen-bond acceptors (Lipinski definition) is 14. The van der Waals surface area contributed by atoms with Crippen LogP contribution in [0.2, 0.25) is 0 Å². The predicted octanol–water partition coefficient (Wildman–Crippen LogP) is 1.60. The van der Waals surface area contributed by atoms with Crippen LogP contribution in [0.1, 0.15) is 20.8 Å². The molecule has 0 aliphatic carbocycles. The van der Waals surface area contributed by atoms with Crippen LogP contribution in [0.5, 0.6) is 0 Å². The molecule has 0 fully saturated rings. The van der Waals surface area contributed by atoms with E-state index in [-0.39, 0.29) is 6.09 Å². The molecule has 1 amide bonds. The van der Waals surface area contributed by atoms with Gasteiger partial charge in [-0.1, -0.05) is 0 Å². The Hall–Kier alpha value is -1.21. The summed E-state index contributed by atoms with van der Waals surface area (Å²) in [5.41, 5.74) is -0.509. The van der Waals surface area contributed by atoms with Gasteiger partial charge in [0.1, 0.15) is 5.60 Å². The van der Waals surface area contributed by atoms with E-state index in [4.69, 9.17) is 56.8 Å². The molecule has 0 aromatic heterocycles. The van der Waals surface area contributed by atoms with Crippen molar-refractivity contribution in [3.63, 3.8) is 0 Å². The molecule has 0 saturated heterocycles. The molecule has 0 aromatic carbocycles. The second-order valence-electron chi connectivity index (χ2n) is 11.4. The van der Waals surface area contributed by atoms with Gasteiger partial charge in [0.05, 0.1) is 145 Å². The first-order valence-electron chi connectivity index (χ1n) is 16.7. The lowest BCUT2D eigenvalue weighted by molar-refractivity contribution is -0.0278. The van der Waals surface area contributed by atoms with Crippen LogP contribution in [-0.4, -0.2) is 201 Å². The second-order valence-corrected chi connectivity index (χ2v) is 11.4. The van der Waals surface area contributed by atoms with Gasteiger partial charge in [0.2, 0.25) is 0 Å². The number of amides is 1. The van der Waals surface area contributed by atoms with Crippen LogP contribution in [-0.2, 0) is 56.8 Å². The van der Waals surface area contributed by atoms with Crippen molar-refractivity contribution in [3.05, 3.63) is 0 Å². The van der Waals surface area contributed by atoms with E-state index in [1.807, 2.05) is 34.9 Å². The normalized spacial score (nSPS) is 11.9. The summed E-state index contributed by atoms with van der Waals surface area (Å²) in [6.45, 7) is 18.2. The summed E-state index contributed by atoms with van der Waals surface area (Å²) >= 11 is 0. The third-order valence-electron chi connectivity index (χ3n) is 5.68. The van der Waals surface area contributed by atoms with E-state index < -0.39 is 5.60 Å². The summed E-state index contributed by atoms with van der Waals surface area (Å²) in [7, 11) is 5.72. The van der Waals surface area contributed by atoms with Crippen LogP contribution in [0.15, 0.2) is 0 Å². The largest absolute Gasteiger partial charge is 0.444 e. The van der Waals surface area contributed by atoms with Gasteiger partial charge in [-0.05, 0) is 34.9 Å². The fourth-order valence-corrected chi connectivity index (χ4v) is 3.18. The zero-order valence-electron chi connectivity index (χ0n) is 30.2. The van der Waals surface area contributed by atoms with Crippen LogP contribution in [0.25, 0.3) is 0 Å². The van der Waals surface area contributed by atoms with E-state index in [1.54, 1.807) is 7.05 Å². The molecule has 15 heteroatoms. The molecular formula is C32H66N2O13. The van der Waals surface area contributed by atoms with Gasteiger partial charge in [0.15, 0.2) is 0 Å². The van der Waals surface area contributed by atoms with Crippen molar-refractivity contribution in [1.82, 2.24) is 9.80 Å². The van der Waals surface area contributed by atoms with E-state index in [0.29, 0.717) is 152 Å². The molecule has 0 spiro atoms. The summed E-state index contributed by atoms with van der Waals surface area (Å²) < 4.78 is 65.5. The SMILES string of the molecule is CN(C)CCOCCOCCOCCOCCOCCOCCOCCOCCOCCOCCOCCN(C)C(=O)OC(C)(C)C. The molecule has 0 radical (unpaired) electrons. The highest BCUT2D eigenvalue weighted by atomic mass is 16.6. The van der Waals surface area contributed by atoms with Gasteiger partial charge in [-0.15, -0.1) is 0 Å². The molecule has 15 nitrogen and oxygen atoms in total. The quantitative estimate of drug-likeness (QED) is 0.0884. The highest BCUT2D eigenvalue weighted by molar-refractivity contribution is 5.67. The number of hydrogen-bond donors (Lipinski definition) is 0. The third-order valence-corrected chi connectivity index (χ3v) is 5.68. The number of likely N-dealkylation sites (N-methyl/N-ethyl adjacent to an activating group) is 2. The Morgan fingerprint density at radius 3 is 0.809 bits per heavy atom. The molecule has 0 aromatic rings. The first-order chi connectivity index (χ1) is 22.7. The molecule has 47 heavy (non-hydrogen) atoms. The van der Waals surface area contributed by atoms with Gasteiger partial charge in [0, 0.05) is 20.1 Å². The fourth-order valence-electron chi connectivity index (χ4n) is 3.18. The molecule has 0 aliphatic heterocycles. The van der Waals surface area contributed by atoms with Crippen molar-refractivity contribution in [2.45, 2.75) is 26.4 Å². The summed E-state index contributed by atoms with van der Waals surface area (Å²) in [5.74, 6) is 0. The fraction of sp³-hybridized carbons (Fsp3) is 0.969. The lowest BCUT2D eigenvalue weighted by Crippen LogP contribution is -2.36. The van der Waals surface area contributed by atoms with Crippen molar-refractivity contribution < 1.29 is 61.6 Å². The average Bonchev–Trinajstić information content (AvgIpc) is 3.01. The average molecular weight is 687 g/mol. The minimum atomic E-state index is -0.509. The van der Waals surface area contributed by atoms with E-state index in [1.165, 1.54) is 4.90 Å². The van der Waals surface area contributed by atoms with Crippen LogP contribution < -0.4 is 0 Å². The van der Waals surface area contributed by atoms with Gasteiger partial charge in [-0.3, -0.25) is 0 Å². The smallest absolute Gasteiger partial charge is 0.410 e. The summed E-state index contributed by atoms with van der Waals surface area (Å²) in [6, 6.07) is 0. The van der Waals surface area contributed by atoms with Gasteiger partial charge in [-0.2, -0.15) is 0 Å². The maximum absolute atomic E-state index is 11.9. The van der Waals surface area contributed by atoms with Crippen molar-refractivity contribution in [2.24, 2.45) is 0 Å². The standard InChI is InChI=1S/C32H66N2O13/c1-32(2,3)47-31(35)34(6)8-10-37-12-14-39-16-18-41-20-22-43-24-26-45-28-30-46-29-27-44-25-23-42-21-19-40-17-15-38-13-11-36-9-7-33(4)5/h7-30H2,1-6H3. The highest BCUT2D eigenvalue weighted by Gasteiger charge is 2.19. The first-order valence-corrected chi connectivity index (χ1v) is 16.7. The molecule has 0 saturated carbocycles. The number of rotatable bonds is 36. The molecule has 0 bridgehead atoms. The zero-order chi connectivity index (χ0) is 34.7. The molecule has 0 atom stereocenters. The molecule has 282 valence electrons. The first kappa shape index (κ1) is 45.8. The van der Waals surface area contributed by atoms with Gasteiger partial charge in [-0.25, -0.2) is 4.79 Å². The van der Waals surface area contributed by atoms with E-state index in [0.717, 1.165) is 6.54 Å². The summed E-state index contributed by atoms with van der Waals surface area (Å²) in [4.78, 5) is 15.4. The Kier molecular flexibility index (Phi) is 33.8. The lowest BCUT2D eigenvalue weighted by atomic mass is 10.2. The van der Waals surface area contributed by atoms with E-state index >= 15 is 0 Å². The van der Waals surface area contributed by atoms with Crippen LogP contribution >= 0.6 is 0 Å². The minimum absolute atomic E-state index is 0.363. The minimum Gasteiger partial charge on any atom is -0.444 e. The number of carbonyl (C=O) groups is 1. The lowest BCUT2D eigenvalue weighted by Gasteiger charge is -2.24. The zero-order valence-corrected chi connectivity index (χ0v) is 30.2. The second kappa shape index (κ2) is 34.6. The van der Waals surface area contributed by atoms with Gasteiger partial charge >= 0.3 is 6.09 Å². The number of ether oxygens (including phenoxy) is 12. The van der Waals surface area contributed by atoms with Crippen LogP contribution in [0.4, 0.5) is 4.79 Å². The monoisotopic (exact) mass is 686 g/mol. The van der Waals surface area contributed by atoms with Crippen molar-refractivity contribution in [2.75, 3.05) is 180 Å². The van der Waals surface area contributed by atoms with Crippen molar-refractivity contribution >= 4 is 6.09 Å². The maximum atomic E-state index is 11.9. The Labute approximate surface area is 283 Å². The topological polar surface area (TPSA) is 134 Å². The molecule has 0 aliphatic rings. The Bertz CT molecular complexity index is 657. The van der Waals surface area contributed by atoms with E-state index in [9.17, 15) is 4.79 Å². The molecular weight excluding hydrogens is 620 g/mol. The summed E-state index contributed by atoms with van der Waals surface area (Å²) in [6.07, 6.45) is -0.363.